The van der Waals surface area contributed by atoms with Crippen molar-refractivity contribution in [3.05, 3.63) is 69.8 Å². The lowest BCUT2D eigenvalue weighted by molar-refractivity contribution is 0.0443. The quantitative estimate of drug-likeness (QED) is 0.477. The standard InChI is InChI=1S/C18H8O6/c19-14-7-15(20)12-5-8(1-3-10(12)14)16(21)9-2-4-11-13(6-9)18(23)24-17(11)22/h1-6H,7H2. The summed E-state index contributed by atoms with van der Waals surface area (Å²) in [7, 11) is 0. The van der Waals surface area contributed by atoms with Crippen LogP contribution in [0.4, 0.5) is 0 Å². The molecule has 116 valence electrons. The second kappa shape index (κ2) is 4.79. The van der Waals surface area contributed by atoms with Crippen LogP contribution in [0.1, 0.15) is 63.8 Å². The summed E-state index contributed by atoms with van der Waals surface area (Å²) >= 11 is 0. The van der Waals surface area contributed by atoms with Crippen LogP contribution in [-0.2, 0) is 4.74 Å². The van der Waals surface area contributed by atoms with Gasteiger partial charge in [-0.15, -0.1) is 0 Å². The first-order valence-corrected chi connectivity index (χ1v) is 7.11. The van der Waals surface area contributed by atoms with Crippen molar-refractivity contribution in [2.45, 2.75) is 6.42 Å². The first-order chi connectivity index (χ1) is 11.5. The number of hydrogen-bond acceptors (Lipinski definition) is 6. The molecule has 2 aromatic rings. The first-order valence-electron chi connectivity index (χ1n) is 7.11. The van der Waals surface area contributed by atoms with E-state index in [0.29, 0.717) is 5.56 Å². The molecule has 2 aliphatic rings. The largest absolute Gasteiger partial charge is 0.386 e. The highest BCUT2D eigenvalue weighted by atomic mass is 16.6. The zero-order chi connectivity index (χ0) is 17.0. The van der Waals surface area contributed by atoms with Gasteiger partial charge in [-0.1, -0.05) is 12.1 Å². The van der Waals surface area contributed by atoms with Crippen molar-refractivity contribution in [1.82, 2.24) is 0 Å². The van der Waals surface area contributed by atoms with Crippen molar-refractivity contribution in [3.63, 3.8) is 0 Å². The lowest BCUT2D eigenvalue weighted by Crippen LogP contribution is -2.05. The van der Waals surface area contributed by atoms with Gasteiger partial charge in [0, 0.05) is 22.3 Å². The summed E-state index contributed by atoms with van der Waals surface area (Å²) in [4.78, 5) is 59.0. The Morgan fingerprint density at radius 1 is 0.708 bits per heavy atom. The van der Waals surface area contributed by atoms with E-state index in [4.69, 9.17) is 0 Å². The molecule has 0 atom stereocenters. The maximum Gasteiger partial charge on any atom is 0.346 e. The third kappa shape index (κ3) is 1.93. The van der Waals surface area contributed by atoms with Crippen LogP contribution in [0.5, 0.6) is 0 Å². The molecule has 0 unspecified atom stereocenters. The van der Waals surface area contributed by atoms with Gasteiger partial charge in [-0.3, -0.25) is 14.4 Å². The molecule has 0 aromatic heterocycles. The average Bonchev–Trinajstić information content (AvgIpc) is 3.02. The molecule has 6 nitrogen and oxygen atoms in total. The molecule has 24 heavy (non-hydrogen) atoms. The number of hydrogen-bond donors (Lipinski definition) is 0. The van der Waals surface area contributed by atoms with E-state index in [0.717, 1.165) is 0 Å². The van der Waals surface area contributed by atoms with E-state index in [1.165, 1.54) is 36.4 Å². The van der Waals surface area contributed by atoms with Gasteiger partial charge in [0.15, 0.2) is 17.3 Å². The monoisotopic (exact) mass is 320 g/mol. The van der Waals surface area contributed by atoms with Crippen LogP contribution >= 0.6 is 0 Å². The Morgan fingerprint density at radius 2 is 1.25 bits per heavy atom. The summed E-state index contributed by atoms with van der Waals surface area (Å²) in [5.41, 5.74) is 1.14. The maximum absolute atomic E-state index is 12.6. The molecule has 6 heteroatoms. The molecule has 0 saturated heterocycles. The first kappa shape index (κ1) is 14.2. The van der Waals surface area contributed by atoms with Gasteiger partial charge in [-0.2, -0.15) is 0 Å². The molecule has 1 aliphatic heterocycles. The van der Waals surface area contributed by atoms with Gasteiger partial charge in [0.25, 0.3) is 0 Å². The minimum Gasteiger partial charge on any atom is -0.386 e. The van der Waals surface area contributed by atoms with Crippen LogP contribution in [0.25, 0.3) is 0 Å². The second-order valence-corrected chi connectivity index (χ2v) is 5.55. The second-order valence-electron chi connectivity index (χ2n) is 5.55. The Kier molecular flexibility index (Phi) is 2.83. The van der Waals surface area contributed by atoms with Crippen LogP contribution in [0.3, 0.4) is 0 Å². The average molecular weight is 320 g/mol. The maximum atomic E-state index is 12.6. The smallest absolute Gasteiger partial charge is 0.346 e. The number of Topliss-reactive ketones (excluding diaryl/α,β-unsaturated/α-hetero) is 2. The summed E-state index contributed by atoms with van der Waals surface area (Å²) in [6.07, 6.45) is -0.181. The van der Waals surface area contributed by atoms with Gasteiger partial charge in [0.2, 0.25) is 0 Å². The Morgan fingerprint density at radius 3 is 1.96 bits per heavy atom. The van der Waals surface area contributed by atoms with Crippen LogP contribution in [0.2, 0.25) is 0 Å². The van der Waals surface area contributed by atoms with Crippen LogP contribution < -0.4 is 0 Å². The Labute approximate surface area is 135 Å². The molecule has 0 N–H and O–H groups in total. The highest BCUT2D eigenvalue weighted by Gasteiger charge is 2.31. The van der Waals surface area contributed by atoms with Crippen molar-refractivity contribution in [3.8, 4) is 0 Å². The SMILES string of the molecule is O=C(c1ccc2c(c1)C(=O)CC2=O)c1ccc2c(c1)C(=O)OC2=O. The van der Waals surface area contributed by atoms with Gasteiger partial charge in [0.05, 0.1) is 17.5 Å². The fraction of sp³-hybridized carbons (Fsp3) is 0.0556. The lowest BCUT2D eigenvalue weighted by atomic mass is 9.96. The number of rotatable bonds is 2. The van der Waals surface area contributed by atoms with Crippen LogP contribution in [0, 0.1) is 0 Å². The summed E-state index contributed by atoms with van der Waals surface area (Å²) < 4.78 is 4.49. The molecule has 0 amide bonds. The van der Waals surface area contributed by atoms with E-state index in [1.54, 1.807) is 0 Å². The molecular formula is C18H8O6. The van der Waals surface area contributed by atoms with Crippen LogP contribution in [0.15, 0.2) is 36.4 Å². The van der Waals surface area contributed by atoms with E-state index in [-0.39, 0.29) is 45.8 Å². The highest BCUT2D eigenvalue weighted by Crippen LogP contribution is 2.26. The van der Waals surface area contributed by atoms with E-state index < -0.39 is 17.7 Å². The number of benzene rings is 2. The molecule has 2 aromatic carbocycles. The van der Waals surface area contributed by atoms with E-state index >= 15 is 0 Å². The summed E-state index contributed by atoms with van der Waals surface area (Å²) in [6, 6.07) is 8.39. The van der Waals surface area contributed by atoms with Crippen molar-refractivity contribution in [1.29, 1.82) is 0 Å². The normalized spacial score (nSPS) is 15.3. The number of carbonyl (C=O) groups excluding carboxylic acids is 5. The minimum atomic E-state index is -0.792. The minimum absolute atomic E-state index is 0.0401. The fourth-order valence-corrected chi connectivity index (χ4v) is 2.89. The molecule has 1 heterocycles. The number of esters is 2. The zero-order valence-corrected chi connectivity index (χ0v) is 12.1. The number of fused-ring (bicyclic) bond motifs is 2. The van der Waals surface area contributed by atoms with E-state index in [9.17, 15) is 24.0 Å². The lowest BCUT2D eigenvalue weighted by Gasteiger charge is -2.04. The van der Waals surface area contributed by atoms with Crippen molar-refractivity contribution >= 4 is 29.3 Å². The molecule has 0 saturated carbocycles. The number of cyclic esters (lactones) is 2. The summed E-state index contributed by atoms with van der Waals surface area (Å²) in [5, 5.41) is 0. The predicted octanol–water partition coefficient (Wildman–Crippen LogP) is 2.00. The fourth-order valence-electron chi connectivity index (χ4n) is 2.89. The number of ether oxygens (including phenoxy) is 1. The predicted molar refractivity (Wildman–Crippen MR) is 79.3 cm³/mol. The van der Waals surface area contributed by atoms with Crippen molar-refractivity contribution < 1.29 is 28.7 Å². The molecular weight excluding hydrogens is 312 g/mol. The third-order valence-electron chi connectivity index (χ3n) is 4.11. The van der Waals surface area contributed by atoms with Gasteiger partial charge in [-0.25, -0.2) is 9.59 Å². The Hall–Kier alpha value is -3.41. The van der Waals surface area contributed by atoms with Gasteiger partial charge < -0.3 is 4.74 Å². The molecule has 4 rings (SSSR count). The van der Waals surface area contributed by atoms with Gasteiger partial charge in [-0.05, 0) is 24.3 Å². The Balaban J connectivity index is 1.76. The molecule has 0 spiro atoms. The number of ketones is 3. The molecule has 0 bridgehead atoms. The van der Waals surface area contributed by atoms with Crippen LogP contribution in [-0.4, -0.2) is 29.3 Å². The zero-order valence-electron chi connectivity index (χ0n) is 12.1. The Bertz CT molecular complexity index is 919. The van der Waals surface area contributed by atoms with E-state index in [2.05, 4.69) is 4.74 Å². The van der Waals surface area contributed by atoms with E-state index in [1.807, 2.05) is 0 Å². The highest BCUT2D eigenvalue weighted by molar-refractivity contribution is 6.25. The molecule has 0 fully saturated rings. The third-order valence-corrected chi connectivity index (χ3v) is 4.11. The molecule has 1 aliphatic carbocycles. The van der Waals surface area contributed by atoms with Crippen molar-refractivity contribution in [2.24, 2.45) is 0 Å². The topological polar surface area (TPSA) is 94.6 Å². The van der Waals surface area contributed by atoms with Gasteiger partial charge in [0.1, 0.15) is 0 Å². The summed E-state index contributed by atoms with van der Waals surface area (Å²) in [5.74, 6) is -2.52. The number of carbonyl (C=O) groups is 5. The summed E-state index contributed by atoms with van der Waals surface area (Å²) in [6.45, 7) is 0. The molecule has 0 radical (unpaired) electrons. The van der Waals surface area contributed by atoms with Crippen molar-refractivity contribution in [2.75, 3.05) is 0 Å². The van der Waals surface area contributed by atoms with Gasteiger partial charge >= 0.3 is 11.9 Å².